The molecule has 47 valence electrons. The second-order valence-electron chi connectivity index (χ2n) is 1.76. The highest BCUT2D eigenvalue weighted by Gasteiger charge is 1.96. The Kier molecular flexibility index (Phi) is 2.14. The van der Waals surface area contributed by atoms with Gasteiger partial charge in [0.15, 0.2) is 0 Å². The van der Waals surface area contributed by atoms with E-state index in [9.17, 15) is 0 Å². The van der Waals surface area contributed by atoms with Crippen molar-refractivity contribution in [3.05, 3.63) is 33.3 Å². The van der Waals surface area contributed by atoms with E-state index in [0.717, 1.165) is 15.1 Å². The summed E-state index contributed by atoms with van der Waals surface area (Å²) in [6.45, 7) is 1.92. The summed E-state index contributed by atoms with van der Waals surface area (Å²) in [4.78, 5) is 0. The van der Waals surface area contributed by atoms with Crippen molar-refractivity contribution in [2.45, 2.75) is 6.92 Å². The topological polar surface area (TPSA) is 0 Å². The molecule has 0 bridgehead atoms. The lowest BCUT2D eigenvalue weighted by molar-refractivity contribution is 1.44. The lowest BCUT2D eigenvalue weighted by Gasteiger charge is -1.96. The van der Waals surface area contributed by atoms with E-state index >= 15 is 0 Å². The quantitative estimate of drug-likeness (QED) is 0.609. The Morgan fingerprint density at radius 1 is 1.67 bits per heavy atom. The first-order valence-electron chi connectivity index (χ1n) is 2.54. The molecule has 0 amide bonds. The molecule has 0 heterocycles. The summed E-state index contributed by atoms with van der Waals surface area (Å²) in [6, 6.07) is 6.69. The van der Waals surface area contributed by atoms with Gasteiger partial charge >= 0.3 is 0 Å². The Morgan fingerprint density at radius 3 is 2.78 bits per heavy atom. The van der Waals surface area contributed by atoms with Gasteiger partial charge in [-0.15, -0.1) is 0 Å². The molecule has 9 heavy (non-hydrogen) atoms. The monoisotopic (exact) mass is 203 g/mol. The normalized spacial score (nSPS) is 9.67. The van der Waals surface area contributed by atoms with E-state index in [1.807, 2.05) is 19.1 Å². The van der Waals surface area contributed by atoms with Gasteiger partial charge in [-0.1, -0.05) is 17.7 Å². The molecule has 1 radical (unpaired) electrons. The van der Waals surface area contributed by atoms with Crippen molar-refractivity contribution in [3.8, 4) is 0 Å². The number of rotatable bonds is 0. The van der Waals surface area contributed by atoms with Crippen LogP contribution >= 0.6 is 27.5 Å². The van der Waals surface area contributed by atoms with Crippen molar-refractivity contribution in [1.29, 1.82) is 0 Å². The molecule has 0 saturated carbocycles. The SMILES string of the molecule is Cc1[c]ccc(Br)c1Cl. The molecule has 0 unspecified atom stereocenters. The number of hydrogen-bond acceptors (Lipinski definition) is 0. The van der Waals surface area contributed by atoms with Crippen molar-refractivity contribution >= 4 is 27.5 Å². The molecular formula is C7H5BrCl. The Morgan fingerprint density at radius 2 is 2.33 bits per heavy atom. The second-order valence-corrected chi connectivity index (χ2v) is 3.00. The fourth-order valence-electron chi connectivity index (χ4n) is 0.555. The molecule has 1 rings (SSSR count). The molecule has 0 spiro atoms. The van der Waals surface area contributed by atoms with Crippen molar-refractivity contribution in [2.75, 3.05) is 0 Å². The van der Waals surface area contributed by atoms with E-state index in [-0.39, 0.29) is 0 Å². The third-order valence-electron chi connectivity index (χ3n) is 1.07. The minimum Gasteiger partial charge on any atom is -0.0828 e. The minimum absolute atomic E-state index is 0.748. The van der Waals surface area contributed by atoms with Crippen LogP contribution in [-0.2, 0) is 0 Å². The highest BCUT2D eigenvalue weighted by Crippen LogP contribution is 2.24. The van der Waals surface area contributed by atoms with Gasteiger partial charge in [-0.2, -0.15) is 0 Å². The summed E-state index contributed by atoms with van der Waals surface area (Å²) in [5.41, 5.74) is 0.978. The third kappa shape index (κ3) is 1.46. The first-order chi connectivity index (χ1) is 4.22. The van der Waals surface area contributed by atoms with Crippen LogP contribution in [0.3, 0.4) is 0 Å². The van der Waals surface area contributed by atoms with Gasteiger partial charge in [0.1, 0.15) is 0 Å². The fourth-order valence-corrected chi connectivity index (χ4v) is 1.10. The van der Waals surface area contributed by atoms with Crippen LogP contribution in [0.15, 0.2) is 16.6 Å². The molecule has 0 saturated heterocycles. The van der Waals surface area contributed by atoms with Gasteiger partial charge in [-0.25, -0.2) is 0 Å². The Bertz CT molecular complexity index is 200. The molecular weight excluding hydrogens is 199 g/mol. The molecule has 0 N–H and O–H groups in total. The molecule has 0 aromatic heterocycles. The Balaban J connectivity index is 3.25. The van der Waals surface area contributed by atoms with E-state index < -0.39 is 0 Å². The standard InChI is InChI=1S/C7H5BrCl/c1-5-3-2-4-6(8)7(5)9/h2,4H,1H3. The van der Waals surface area contributed by atoms with E-state index in [1.54, 1.807) is 0 Å². The van der Waals surface area contributed by atoms with Crippen molar-refractivity contribution in [3.63, 3.8) is 0 Å². The van der Waals surface area contributed by atoms with Crippen LogP contribution in [0.2, 0.25) is 5.02 Å². The summed E-state index contributed by atoms with van der Waals surface area (Å²) >= 11 is 9.09. The zero-order chi connectivity index (χ0) is 6.85. The molecule has 0 atom stereocenters. The van der Waals surface area contributed by atoms with Gasteiger partial charge in [0, 0.05) is 4.47 Å². The van der Waals surface area contributed by atoms with E-state index in [2.05, 4.69) is 22.0 Å². The molecule has 0 nitrogen and oxygen atoms in total. The number of hydrogen-bond donors (Lipinski definition) is 0. The van der Waals surface area contributed by atoms with Crippen LogP contribution in [-0.4, -0.2) is 0 Å². The molecule has 0 aliphatic rings. The number of aryl methyl sites for hydroxylation is 1. The molecule has 0 aliphatic heterocycles. The fraction of sp³-hybridized carbons (Fsp3) is 0.143. The summed E-state index contributed by atoms with van der Waals surface area (Å²) < 4.78 is 0.931. The van der Waals surface area contributed by atoms with Gasteiger partial charge in [0.25, 0.3) is 0 Å². The largest absolute Gasteiger partial charge is 0.0828 e. The predicted octanol–water partition coefficient (Wildman–Crippen LogP) is 3.21. The highest BCUT2D eigenvalue weighted by atomic mass is 79.9. The second kappa shape index (κ2) is 2.72. The van der Waals surface area contributed by atoms with Crippen LogP contribution in [0.4, 0.5) is 0 Å². The van der Waals surface area contributed by atoms with Crippen LogP contribution in [0, 0.1) is 13.0 Å². The summed E-state index contributed by atoms with van der Waals surface area (Å²) in [5, 5.41) is 0.748. The van der Waals surface area contributed by atoms with Crippen LogP contribution in [0.25, 0.3) is 0 Å². The molecule has 1 aromatic rings. The van der Waals surface area contributed by atoms with E-state index in [4.69, 9.17) is 11.6 Å². The average Bonchev–Trinajstić information content (AvgIpc) is 1.83. The van der Waals surface area contributed by atoms with Crippen LogP contribution in [0.5, 0.6) is 0 Å². The first kappa shape index (κ1) is 7.10. The smallest absolute Gasteiger partial charge is 0.0583 e. The molecule has 1 aromatic carbocycles. The van der Waals surface area contributed by atoms with Crippen molar-refractivity contribution in [1.82, 2.24) is 0 Å². The van der Waals surface area contributed by atoms with E-state index in [1.165, 1.54) is 0 Å². The van der Waals surface area contributed by atoms with E-state index in [0.29, 0.717) is 0 Å². The maximum atomic E-state index is 5.80. The van der Waals surface area contributed by atoms with Gasteiger partial charge in [0.05, 0.1) is 5.02 Å². The Labute approximate surface area is 68.0 Å². The summed E-state index contributed by atoms with van der Waals surface area (Å²) in [5.74, 6) is 0. The summed E-state index contributed by atoms with van der Waals surface area (Å²) in [7, 11) is 0. The van der Waals surface area contributed by atoms with Gasteiger partial charge in [-0.3, -0.25) is 0 Å². The number of benzene rings is 1. The average molecular weight is 204 g/mol. The minimum atomic E-state index is 0.748. The highest BCUT2D eigenvalue weighted by molar-refractivity contribution is 9.10. The summed E-state index contributed by atoms with van der Waals surface area (Å²) in [6.07, 6.45) is 0. The predicted molar refractivity (Wildman–Crippen MR) is 42.7 cm³/mol. The zero-order valence-electron chi connectivity index (χ0n) is 4.91. The lowest BCUT2D eigenvalue weighted by Crippen LogP contribution is -1.74. The van der Waals surface area contributed by atoms with Gasteiger partial charge in [0.2, 0.25) is 0 Å². The maximum Gasteiger partial charge on any atom is 0.0583 e. The molecule has 0 aliphatic carbocycles. The Hall–Kier alpha value is -0.0100. The van der Waals surface area contributed by atoms with Gasteiger partial charge in [-0.05, 0) is 40.5 Å². The maximum absolute atomic E-state index is 5.80. The third-order valence-corrected chi connectivity index (χ3v) is 2.44. The van der Waals surface area contributed by atoms with Crippen molar-refractivity contribution in [2.24, 2.45) is 0 Å². The van der Waals surface area contributed by atoms with Crippen molar-refractivity contribution < 1.29 is 0 Å². The number of halogens is 2. The molecule has 0 fully saturated rings. The van der Waals surface area contributed by atoms with Crippen LogP contribution in [0.1, 0.15) is 5.56 Å². The molecule has 2 heteroatoms. The first-order valence-corrected chi connectivity index (χ1v) is 3.71. The lowest BCUT2D eigenvalue weighted by atomic mass is 10.2. The van der Waals surface area contributed by atoms with Crippen LogP contribution < -0.4 is 0 Å². The van der Waals surface area contributed by atoms with Gasteiger partial charge < -0.3 is 0 Å². The zero-order valence-corrected chi connectivity index (χ0v) is 7.25.